The molecule has 1 saturated carbocycles. The number of nitrogens with one attached hydrogen (secondary N) is 1. The third-order valence-corrected chi connectivity index (χ3v) is 5.99. The van der Waals surface area contributed by atoms with E-state index in [-0.39, 0.29) is 0 Å². The van der Waals surface area contributed by atoms with E-state index >= 15 is 0 Å². The summed E-state index contributed by atoms with van der Waals surface area (Å²) in [5.74, 6) is 0.0367. The fraction of sp³-hybridized carbons (Fsp3) is 0.562. The fourth-order valence-electron chi connectivity index (χ4n) is 2.81. The molecule has 0 aromatic heterocycles. The van der Waals surface area contributed by atoms with Crippen molar-refractivity contribution in [3.05, 3.63) is 23.8 Å². The number of carboxylic acids is 1. The highest BCUT2D eigenvalue weighted by Gasteiger charge is 2.23. The normalized spacial score (nSPS) is 22.0. The number of anilines is 1. The average molecular weight is 325 g/mol. The lowest BCUT2D eigenvalue weighted by Gasteiger charge is -2.29. The highest BCUT2D eigenvalue weighted by Crippen LogP contribution is 2.32. The molecule has 1 aliphatic rings. The van der Waals surface area contributed by atoms with Gasteiger partial charge in [0.2, 0.25) is 0 Å². The van der Waals surface area contributed by atoms with Crippen LogP contribution >= 0.6 is 23.5 Å². The molecule has 0 saturated heterocycles. The minimum absolute atomic E-state index is 0.397. The van der Waals surface area contributed by atoms with Crippen molar-refractivity contribution in [1.82, 2.24) is 0 Å². The number of carbonyl (C=O) groups is 1. The van der Waals surface area contributed by atoms with E-state index in [1.54, 1.807) is 11.8 Å². The van der Waals surface area contributed by atoms with Crippen molar-refractivity contribution in [2.24, 2.45) is 0 Å². The summed E-state index contributed by atoms with van der Waals surface area (Å²) in [4.78, 5) is 12.5. The van der Waals surface area contributed by atoms with Gasteiger partial charge < -0.3 is 10.4 Å². The van der Waals surface area contributed by atoms with Crippen LogP contribution in [-0.4, -0.2) is 34.4 Å². The third kappa shape index (κ3) is 4.33. The Bertz CT molecular complexity index is 485. The molecule has 2 rings (SSSR count). The van der Waals surface area contributed by atoms with Gasteiger partial charge in [-0.2, -0.15) is 11.8 Å². The Kier molecular flexibility index (Phi) is 6.30. The van der Waals surface area contributed by atoms with E-state index in [0.717, 1.165) is 34.4 Å². The molecule has 1 aromatic rings. The molecule has 1 fully saturated rings. The summed E-state index contributed by atoms with van der Waals surface area (Å²) in [6, 6.07) is 6.13. The maximum Gasteiger partial charge on any atom is 0.338 e. The van der Waals surface area contributed by atoms with Gasteiger partial charge in [-0.3, -0.25) is 0 Å². The molecule has 0 atom stereocenters. The van der Waals surface area contributed by atoms with Crippen LogP contribution in [0.3, 0.4) is 0 Å². The van der Waals surface area contributed by atoms with Gasteiger partial charge in [0.15, 0.2) is 0 Å². The van der Waals surface area contributed by atoms with Crippen LogP contribution in [0.25, 0.3) is 0 Å². The van der Waals surface area contributed by atoms with Crippen LogP contribution in [0, 0.1) is 0 Å². The maximum absolute atomic E-state index is 11.6. The van der Waals surface area contributed by atoms with Gasteiger partial charge in [-0.05, 0) is 49.8 Å². The Morgan fingerprint density at radius 1 is 1.33 bits per heavy atom. The fourth-order valence-corrected chi connectivity index (χ4v) is 4.38. The van der Waals surface area contributed by atoms with Crippen LogP contribution in [0.5, 0.6) is 0 Å². The van der Waals surface area contributed by atoms with Crippen LogP contribution in [-0.2, 0) is 0 Å². The summed E-state index contributed by atoms with van der Waals surface area (Å²) >= 11 is 3.53. The topological polar surface area (TPSA) is 49.3 Å². The second-order valence-electron chi connectivity index (χ2n) is 5.27. The van der Waals surface area contributed by atoms with Crippen molar-refractivity contribution >= 4 is 35.2 Å². The predicted molar refractivity (Wildman–Crippen MR) is 93.0 cm³/mol. The van der Waals surface area contributed by atoms with Gasteiger partial charge >= 0.3 is 5.97 Å². The SMILES string of the molecule is CCSc1cccc(NC2CCC(SC)CC2)c1C(=O)O. The smallest absolute Gasteiger partial charge is 0.338 e. The van der Waals surface area contributed by atoms with Crippen molar-refractivity contribution in [2.75, 3.05) is 17.3 Å². The monoisotopic (exact) mass is 325 g/mol. The van der Waals surface area contributed by atoms with Crippen molar-refractivity contribution in [2.45, 2.75) is 48.8 Å². The zero-order valence-corrected chi connectivity index (χ0v) is 14.2. The Morgan fingerprint density at radius 2 is 2.05 bits per heavy atom. The second kappa shape index (κ2) is 7.99. The molecule has 0 radical (unpaired) electrons. The lowest BCUT2D eigenvalue weighted by Crippen LogP contribution is -2.27. The van der Waals surface area contributed by atoms with Gasteiger partial charge in [0, 0.05) is 16.2 Å². The summed E-state index contributed by atoms with van der Waals surface area (Å²) in [6.07, 6.45) is 6.84. The van der Waals surface area contributed by atoms with Gasteiger partial charge in [-0.1, -0.05) is 13.0 Å². The minimum atomic E-state index is -0.841. The molecule has 0 aliphatic heterocycles. The van der Waals surface area contributed by atoms with E-state index in [9.17, 15) is 9.90 Å². The molecule has 0 amide bonds. The largest absolute Gasteiger partial charge is 0.478 e. The van der Waals surface area contributed by atoms with Gasteiger partial charge in [0.1, 0.15) is 0 Å². The van der Waals surface area contributed by atoms with Gasteiger partial charge in [-0.15, -0.1) is 11.8 Å². The Labute approximate surface area is 135 Å². The first-order valence-electron chi connectivity index (χ1n) is 7.44. The Balaban J connectivity index is 2.12. The van der Waals surface area contributed by atoms with Crippen molar-refractivity contribution in [3.63, 3.8) is 0 Å². The number of hydrogen-bond acceptors (Lipinski definition) is 4. The van der Waals surface area contributed by atoms with Crippen molar-refractivity contribution in [1.29, 1.82) is 0 Å². The lowest BCUT2D eigenvalue weighted by atomic mass is 9.94. The zero-order valence-electron chi connectivity index (χ0n) is 12.6. The van der Waals surface area contributed by atoms with Gasteiger partial charge in [0.25, 0.3) is 0 Å². The van der Waals surface area contributed by atoms with Crippen LogP contribution < -0.4 is 5.32 Å². The Hall–Kier alpha value is -0.810. The third-order valence-electron chi connectivity index (χ3n) is 3.91. The molecule has 3 nitrogen and oxygen atoms in total. The first-order chi connectivity index (χ1) is 10.2. The number of rotatable bonds is 6. The summed E-state index contributed by atoms with van der Waals surface area (Å²) in [7, 11) is 0. The molecule has 1 aliphatic carbocycles. The summed E-state index contributed by atoms with van der Waals surface area (Å²) < 4.78 is 0. The average Bonchev–Trinajstić information content (AvgIpc) is 2.48. The number of benzene rings is 1. The van der Waals surface area contributed by atoms with Crippen LogP contribution in [0.2, 0.25) is 0 Å². The number of carboxylic acid groups (broad SMARTS) is 1. The first kappa shape index (κ1) is 16.6. The summed E-state index contributed by atoms with van der Waals surface area (Å²) in [6.45, 7) is 2.04. The van der Waals surface area contributed by atoms with E-state index in [2.05, 4.69) is 11.6 Å². The molecule has 116 valence electrons. The van der Waals surface area contributed by atoms with E-state index in [0.29, 0.717) is 11.6 Å². The molecule has 2 N–H and O–H groups in total. The summed E-state index contributed by atoms with van der Waals surface area (Å²) in [5.41, 5.74) is 1.20. The van der Waals surface area contributed by atoms with E-state index in [1.165, 1.54) is 12.8 Å². The highest BCUT2D eigenvalue weighted by molar-refractivity contribution is 7.99. The van der Waals surface area contributed by atoms with E-state index < -0.39 is 5.97 Å². The molecular formula is C16H23NO2S2. The van der Waals surface area contributed by atoms with Gasteiger partial charge in [-0.25, -0.2) is 4.79 Å². The zero-order chi connectivity index (χ0) is 15.2. The standard InChI is InChI=1S/C16H23NO2S2/c1-3-21-14-6-4-5-13(15(14)16(18)19)17-11-7-9-12(20-2)10-8-11/h4-6,11-12,17H,3,7-10H2,1-2H3,(H,18,19). The lowest BCUT2D eigenvalue weighted by molar-refractivity contribution is 0.0694. The van der Waals surface area contributed by atoms with Crippen LogP contribution in [0.15, 0.2) is 23.1 Å². The quantitative estimate of drug-likeness (QED) is 0.750. The minimum Gasteiger partial charge on any atom is -0.478 e. The number of hydrogen-bond donors (Lipinski definition) is 2. The highest BCUT2D eigenvalue weighted by atomic mass is 32.2. The molecular weight excluding hydrogens is 302 g/mol. The summed E-state index contributed by atoms with van der Waals surface area (Å²) in [5, 5.41) is 13.8. The molecule has 0 bridgehead atoms. The molecule has 5 heteroatoms. The van der Waals surface area contributed by atoms with Crippen molar-refractivity contribution < 1.29 is 9.90 Å². The molecule has 0 heterocycles. The number of thioether (sulfide) groups is 2. The van der Waals surface area contributed by atoms with E-state index in [1.807, 2.05) is 36.9 Å². The second-order valence-corrected chi connectivity index (χ2v) is 7.71. The van der Waals surface area contributed by atoms with Gasteiger partial charge in [0.05, 0.1) is 11.3 Å². The number of aromatic carboxylic acids is 1. The maximum atomic E-state index is 11.6. The Morgan fingerprint density at radius 3 is 2.62 bits per heavy atom. The van der Waals surface area contributed by atoms with Crippen LogP contribution in [0.4, 0.5) is 5.69 Å². The molecule has 0 spiro atoms. The first-order valence-corrected chi connectivity index (χ1v) is 9.71. The predicted octanol–water partition coefficient (Wildman–Crippen LogP) is 4.58. The molecule has 0 unspecified atom stereocenters. The van der Waals surface area contributed by atoms with Crippen molar-refractivity contribution in [3.8, 4) is 0 Å². The molecule has 21 heavy (non-hydrogen) atoms. The van der Waals surface area contributed by atoms with E-state index in [4.69, 9.17) is 0 Å². The molecule has 1 aromatic carbocycles. The van der Waals surface area contributed by atoms with Crippen LogP contribution in [0.1, 0.15) is 43.0 Å².